The van der Waals surface area contributed by atoms with E-state index in [2.05, 4.69) is 5.32 Å². The van der Waals surface area contributed by atoms with Gasteiger partial charge >= 0.3 is 5.97 Å². The van der Waals surface area contributed by atoms with Gasteiger partial charge in [0.2, 0.25) is 5.91 Å². The van der Waals surface area contributed by atoms with Gasteiger partial charge in [-0.1, -0.05) is 0 Å². The molecular weight excluding hydrogens is 362 g/mol. The predicted molar refractivity (Wildman–Crippen MR) is 110 cm³/mol. The number of esters is 1. The Bertz CT molecular complexity index is 570. The highest BCUT2D eigenvalue weighted by Gasteiger charge is 2.56. The Labute approximate surface area is 174 Å². The number of rotatable bonds is 6. The lowest BCUT2D eigenvalue weighted by Crippen LogP contribution is -2.53. The van der Waals surface area contributed by atoms with Crippen molar-refractivity contribution in [3.05, 3.63) is 0 Å². The normalized spacial score (nSPS) is 48.7. The quantitative estimate of drug-likeness (QED) is 0.530. The van der Waals surface area contributed by atoms with Crippen LogP contribution in [0.15, 0.2) is 0 Å². The van der Waals surface area contributed by atoms with Gasteiger partial charge in [-0.3, -0.25) is 9.59 Å². The van der Waals surface area contributed by atoms with E-state index in [0.717, 1.165) is 80.5 Å². The highest BCUT2D eigenvalue weighted by Crippen LogP contribution is 2.61. The molecule has 0 radical (unpaired) electrons. The van der Waals surface area contributed by atoms with Gasteiger partial charge in [0, 0.05) is 12.0 Å². The molecule has 0 aliphatic heterocycles. The van der Waals surface area contributed by atoms with Gasteiger partial charge in [0.05, 0.1) is 12.0 Å². The Morgan fingerprint density at radius 2 is 1.10 bits per heavy atom. The van der Waals surface area contributed by atoms with Crippen LogP contribution in [0.25, 0.3) is 0 Å². The van der Waals surface area contributed by atoms with E-state index < -0.39 is 0 Å². The third-order valence-electron chi connectivity index (χ3n) is 9.83. The summed E-state index contributed by atoms with van der Waals surface area (Å²) in [6.07, 6.45) is 15.5. The van der Waals surface area contributed by atoms with Crippen LogP contribution < -0.4 is 5.32 Å². The maximum absolute atomic E-state index is 13.0. The second kappa shape index (κ2) is 6.72. The zero-order chi connectivity index (χ0) is 19.6. The maximum atomic E-state index is 13.0. The fourth-order valence-electron chi connectivity index (χ4n) is 9.53. The third kappa shape index (κ3) is 3.15. The largest absolute Gasteiger partial charge is 0.465 e. The van der Waals surface area contributed by atoms with Crippen molar-refractivity contribution in [2.75, 3.05) is 13.2 Å². The van der Waals surface area contributed by atoms with Gasteiger partial charge in [-0.2, -0.15) is 0 Å². The van der Waals surface area contributed by atoms with Crippen molar-refractivity contribution < 1.29 is 14.3 Å². The summed E-state index contributed by atoms with van der Waals surface area (Å²) in [6.45, 7) is 1.11. The van der Waals surface area contributed by atoms with E-state index in [1.54, 1.807) is 0 Å². The van der Waals surface area contributed by atoms with Crippen molar-refractivity contribution in [2.45, 2.75) is 83.5 Å². The molecule has 4 heteroatoms. The lowest BCUT2D eigenvalue weighted by atomic mass is 9.49. The summed E-state index contributed by atoms with van der Waals surface area (Å²) < 4.78 is 5.77. The minimum absolute atomic E-state index is 0.0649. The second-order valence-electron chi connectivity index (χ2n) is 12.1. The van der Waals surface area contributed by atoms with Gasteiger partial charge in [0.1, 0.15) is 0 Å². The molecule has 4 nitrogen and oxygen atoms in total. The number of ether oxygens (including phenoxy) is 1. The molecule has 0 aromatic rings. The molecule has 160 valence electrons. The Kier molecular flexibility index (Phi) is 4.33. The molecule has 0 aromatic carbocycles. The molecule has 8 aliphatic carbocycles. The number of hydrogen-bond donors (Lipinski definition) is 1. The average molecular weight is 400 g/mol. The number of carbonyl (C=O) groups is 2. The van der Waals surface area contributed by atoms with E-state index in [1.807, 2.05) is 0 Å². The molecule has 0 unspecified atom stereocenters. The summed E-state index contributed by atoms with van der Waals surface area (Å²) in [5.74, 6) is 5.08. The summed E-state index contributed by atoms with van der Waals surface area (Å²) in [6, 6.07) is 0. The Morgan fingerprint density at radius 3 is 1.55 bits per heavy atom. The molecule has 1 N–H and O–H groups in total. The van der Waals surface area contributed by atoms with Crippen molar-refractivity contribution in [3.63, 3.8) is 0 Å². The van der Waals surface area contributed by atoms with Crippen LogP contribution in [0.4, 0.5) is 0 Å². The molecule has 29 heavy (non-hydrogen) atoms. The number of carbonyl (C=O) groups excluding carboxylic acids is 2. The average Bonchev–Trinajstić information content (AvgIpc) is 2.65. The number of amides is 1. The first-order valence-electron chi connectivity index (χ1n) is 12.5. The van der Waals surface area contributed by atoms with Crippen molar-refractivity contribution in [2.24, 2.45) is 46.3 Å². The van der Waals surface area contributed by atoms with E-state index >= 15 is 0 Å². The second-order valence-corrected chi connectivity index (χ2v) is 12.1. The highest BCUT2D eigenvalue weighted by atomic mass is 16.5. The predicted octanol–water partition coefficient (Wildman–Crippen LogP) is 4.47. The van der Waals surface area contributed by atoms with Crippen LogP contribution in [-0.4, -0.2) is 25.0 Å². The summed E-state index contributed by atoms with van der Waals surface area (Å²) in [7, 11) is 0. The van der Waals surface area contributed by atoms with Crippen LogP contribution >= 0.6 is 0 Å². The zero-order valence-corrected chi connectivity index (χ0v) is 17.8. The maximum Gasteiger partial charge on any atom is 0.312 e. The minimum Gasteiger partial charge on any atom is -0.465 e. The molecule has 0 heterocycles. The fraction of sp³-hybridized carbons (Fsp3) is 0.920. The van der Waals surface area contributed by atoms with Gasteiger partial charge in [-0.15, -0.1) is 0 Å². The highest BCUT2D eigenvalue weighted by molar-refractivity contribution is 5.83. The summed E-state index contributed by atoms with van der Waals surface area (Å²) >= 11 is 0. The van der Waals surface area contributed by atoms with Crippen LogP contribution in [0.3, 0.4) is 0 Å². The summed E-state index contributed by atoms with van der Waals surface area (Å²) in [5.41, 5.74) is -0.220. The van der Waals surface area contributed by atoms with Crippen molar-refractivity contribution in [3.8, 4) is 0 Å². The van der Waals surface area contributed by atoms with Crippen molar-refractivity contribution in [1.82, 2.24) is 5.32 Å². The zero-order valence-electron chi connectivity index (χ0n) is 17.8. The van der Waals surface area contributed by atoms with Gasteiger partial charge in [-0.05, 0) is 119 Å². The molecule has 8 bridgehead atoms. The SMILES string of the molecule is O=C(NCCCOC(=O)C12CC3CC(CC(C3)C1)C2)C12CC3CC(CC(C3)C1)C2. The molecule has 1 amide bonds. The van der Waals surface area contributed by atoms with Crippen molar-refractivity contribution in [1.29, 1.82) is 0 Å². The Hall–Kier alpha value is -1.06. The van der Waals surface area contributed by atoms with E-state index in [9.17, 15) is 9.59 Å². The lowest BCUT2D eigenvalue weighted by Gasteiger charge is -2.55. The molecule has 0 aromatic heterocycles. The molecular formula is C25H37NO3. The topological polar surface area (TPSA) is 55.4 Å². The third-order valence-corrected chi connectivity index (χ3v) is 9.83. The van der Waals surface area contributed by atoms with Crippen molar-refractivity contribution >= 4 is 11.9 Å². The van der Waals surface area contributed by atoms with Crippen LogP contribution in [0, 0.1) is 46.3 Å². The molecule has 8 fully saturated rings. The van der Waals surface area contributed by atoms with Gasteiger partial charge in [0.15, 0.2) is 0 Å². The molecule has 0 spiro atoms. The van der Waals surface area contributed by atoms with Crippen LogP contribution in [0.1, 0.15) is 83.5 Å². The minimum atomic E-state index is -0.156. The Morgan fingerprint density at radius 1 is 0.690 bits per heavy atom. The van der Waals surface area contributed by atoms with E-state index in [4.69, 9.17) is 4.74 Å². The van der Waals surface area contributed by atoms with Gasteiger partial charge < -0.3 is 10.1 Å². The smallest absolute Gasteiger partial charge is 0.312 e. The summed E-state index contributed by atoms with van der Waals surface area (Å²) in [5, 5.41) is 3.22. The van der Waals surface area contributed by atoms with Gasteiger partial charge in [-0.25, -0.2) is 0 Å². The van der Waals surface area contributed by atoms with Crippen LogP contribution in [0.5, 0.6) is 0 Å². The lowest BCUT2D eigenvalue weighted by molar-refractivity contribution is -0.171. The molecule has 8 aliphatic rings. The molecule has 8 rings (SSSR count). The van der Waals surface area contributed by atoms with Gasteiger partial charge in [0.25, 0.3) is 0 Å². The standard InChI is InChI=1S/C25H37NO3/c27-22(24-10-16-4-17(11-24)6-18(5-16)12-24)26-2-1-3-29-23(28)25-13-19-7-20(14-25)9-21(8-19)15-25/h16-21H,1-15H2,(H,26,27). The van der Waals surface area contributed by atoms with Crippen LogP contribution in [0.2, 0.25) is 0 Å². The van der Waals surface area contributed by atoms with E-state index in [0.29, 0.717) is 19.1 Å². The summed E-state index contributed by atoms with van der Waals surface area (Å²) in [4.78, 5) is 25.9. The fourth-order valence-corrected chi connectivity index (χ4v) is 9.53. The monoisotopic (exact) mass is 399 g/mol. The first-order valence-corrected chi connectivity index (χ1v) is 12.5. The first kappa shape index (κ1) is 18.7. The number of hydrogen-bond acceptors (Lipinski definition) is 3. The molecule has 8 saturated carbocycles. The van der Waals surface area contributed by atoms with E-state index in [-0.39, 0.29) is 16.8 Å². The number of nitrogens with one attached hydrogen (secondary N) is 1. The Balaban J connectivity index is 0.969. The first-order chi connectivity index (χ1) is 14.0. The van der Waals surface area contributed by atoms with E-state index in [1.165, 1.54) is 38.5 Å². The van der Waals surface area contributed by atoms with Crippen LogP contribution in [-0.2, 0) is 14.3 Å². The molecule has 0 atom stereocenters. The molecule has 0 saturated heterocycles.